The third kappa shape index (κ3) is 1.42. The van der Waals surface area contributed by atoms with Crippen LogP contribution in [0.2, 0.25) is 0 Å². The van der Waals surface area contributed by atoms with Crippen molar-refractivity contribution in [1.82, 2.24) is 10.7 Å². The van der Waals surface area contributed by atoms with Gasteiger partial charge in [0, 0.05) is 11.8 Å². The standard InChI is InChI=1S/C13H10N3/c1-2-8-12(14-9-5-1)13-10-6-3-4-7-11(10)15-16-13/h1-9,14H. The van der Waals surface area contributed by atoms with Crippen molar-refractivity contribution in [3.05, 3.63) is 66.0 Å². The second-order valence-electron chi connectivity index (χ2n) is 3.53. The fraction of sp³-hybridized carbons (Fsp3) is 0. The molecule has 2 heterocycles. The van der Waals surface area contributed by atoms with Crippen molar-refractivity contribution in [3.8, 4) is 0 Å². The predicted octanol–water partition coefficient (Wildman–Crippen LogP) is 2.20. The van der Waals surface area contributed by atoms with E-state index in [4.69, 9.17) is 0 Å². The molecule has 1 aromatic carbocycles. The largest absolute Gasteiger partial charge is 0.360 e. The highest BCUT2D eigenvalue weighted by atomic mass is 15.3. The van der Waals surface area contributed by atoms with Gasteiger partial charge in [0.1, 0.15) is 5.71 Å². The maximum absolute atomic E-state index is 4.21. The number of hydrogen-bond acceptors (Lipinski definition) is 2. The third-order valence-corrected chi connectivity index (χ3v) is 2.49. The first-order valence-electron chi connectivity index (χ1n) is 5.14. The summed E-state index contributed by atoms with van der Waals surface area (Å²) in [4.78, 5) is 0. The average molecular weight is 208 g/mol. The van der Waals surface area contributed by atoms with Crippen LogP contribution >= 0.6 is 0 Å². The summed E-state index contributed by atoms with van der Waals surface area (Å²) in [6, 6.07) is 7.97. The number of nitrogens with one attached hydrogen (secondary N) is 1. The normalized spacial score (nSPS) is 16.8. The molecular weight excluding hydrogens is 198 g/mol. The molecule has 0 spiro atoms. The number of allylic oxidation sites excluding steroid dienone is 5. The molecule has 3 rings (SSSR count). The lowest BCUT2D eigenvalue weighted by atomic mass is 10.1. The lowest BCUT2D eigenvalue weighted by Crippen LogP contribution is -2.14. The molecule has 0 unspecified atom stereocenters. The summed E-state index contributed by atoms with van der Waals surface area (Å²) in [7, 11) is 0. The van der Waals surface area contributed by atoms with Crippen molar-refractivity contribution >= 4 is 11.4 Å². The summed E-state index contributed by atoms with van der Waals surface area (Å²) in [6.07, 6.45) is 9.78. The van der Waals surface area contributed by atoms with Crippen LogP contribution in [-0.4, -0.2) is 5.71 Å². The van der Waals surface area contributed by atoms with Gasteiger partial charge in [0.2, 0.25) is 0 Å². The van der Waals surface area contributed by atoms with Gasteiger partial charge in [0.15, 0.2) is 0 Å². The monoisotopic (exact) mass is 208 g/mol. The molecule has 0 aliphatic carbocycles. The first-order chi connectivity index (χ1) is 7.95. The zero-order valence-electron chi connectivity index (χ0n) is 8.59. The number of hydrogen-bond donors (Lipinski definition) is 1. The number of nitrogens with zero attached hydrogens (tertiary/aromatic N) is 2. The fourth-order valence-corrected chi connectivity index (χ4v) is 1.72. The van der Waals surface area contributed by atoms with Crippen molar-refractivity contribution in [1.29, 1.82) is 0 Å². The fourth-order valence-electron chi connectivity index (χ4n) is 1.72. The van der Waals surface area contributed by atoms with Gasteiger partial charge >= 0.3 is 0 Å². The molecule has 2 aliphatic rings. The Kier molecular flexibility index (Phi) is 2.07. The van der Waals surface area contributed by atoms with Crippen LogP contribution in [0, 0.1) is 0 Å². The maximum Gasteiger partial charge on any atom is 0.119 e. The first kappa shape index (κ1) is 8.97. The van der Waals surface area contributed by atoms with Gasteiger partial charge < -0.3 is 5.32 Å². The molecule has 1 N–H and O–H groups in total. The molecule has 0 atom stereocenters. The van der Waals surface area contributed by atoms with E-state index in [1.165, 1.54) is 0 Å². The first-order valence-corrected chi connectivity index (χ1v) is 5.14. The van der Waals surface area contributed by atoms with Crippen LogP contribution < -0.4 is 10.7 Å². The Morgan fingerprint density at radius 2 is 1.94 bits per heavy atom. The van der Waals surface area contributed by atoms with Gasteiger partial charge in [0.05, 0.1) is 11.4 Å². The highest BCUT2D eigenvalue weighted by Gasteiger charge is 2.19. The van der Waals surface area contributed by atoms with Gasteiger partial charge in [-0.25, -0.2) is 0 Å². The predicted molar refractivity (Wildman–Crippen MR) is 64.3 cm³/mol. The Morgan fingerprint density at radius 3 is 2.94 bits per heavy atom. The van der Waals surface area contributed by atoms with Gasteiger partial charge in [-0.05, 0) is 18.2 Å². The second kappa shape index (κ2) is 3.70. The summed E-state index contributed by atoms with van der Waals surface area (Å²) < 4.78 is 0. The molecule has 0 fully saturated rings. The van der Waals surface area contributed by atoms with Crippen LogP contribution in [-0.2, 0) is 0 Å². The van der Waals surface area contributed by atoms with Crippen LogP contribution in [0.25, 0.3) is 0 Å². The van der Waals surface area contributed by atoms with Gasteiger partial charge in [-0.1, -0.05) is 30.4 Å². The lowest BCUT2D eigenvalue weighted by Gasteiger charge is -2.05. The van der Waals surface area contributed by atoms with E-state index in [9.17, 15) is 0 Å². The van der Waals surface area contributed by atoms with E-state index in [0.29, 0.717) is 0 Å². The Labute approximate surface area is 93.9 Å². The smallest absolute Gasteiger partial charge is 0.119 e. The molecule has 16 heavy (non-hydrogen) atoms. The van der Waals surface area contributed by atoms with Gasteiger partial charge in [-0.3, -0.25) is 0 Å². The molecular formula is C13H10N3. The van der Waals surface area contributed by atoms with Crippen LogP contribution in [0.4, 0.5) is 5.69 Å². The molecule has 0 saturated heterocycles. The quantitative estimate of drug-likeness (QED) is 0.754. The summed E-state index contributed by atoms with van der Waals surface area (Å²) in [5.74, 6) is 0. The molecule has 0 bridgehead atoms. The summed E-state index contributed by atoms with van der Waals surface area (Å²) in [5.41, 5.74) is 8.01. The van der Waals surface area contributed by atoms with E-state index < -0.39 is 0 Å². The van der Waals surface area contributed by atoms with E-state index in [1.807, 2.05) is 54.8 Å². The van der Waals surface area contributed by atoms with E-state index in [-0.39, 0.29) is 0 Å². The average Bonchev–Trinajstić information content (AvgIpc) is 2.57. The van der Waals surface area contributed by atoms with E-state index in [1.54, 1.807) is 0 Å². The summed E-state index contributed by atoms with van der Waals surface area (Å²) in [5, 5.41) is 7.40. The Morgan fingerprint density at radius 1 is 1.00 bits per heavy atom. The van der Waals surface area contributed by atoms with E-state index >= 15 is 0 Å². The summed E-state index contributed by atoms with van der Waals surface area (Å²) >= 11 is 0. The minimum atomic E-state index is 0.895. The molecule has 77 valence electrons. The van der Waals surface area contributed by atoms with Crippen molar-refractivity contribution < 1.29 is 0 Å². The van der Waals surface area contributed by atoms with Crippen molar-refractivity contribution in [3.63, 3.8) is 0 Å². The maximum atomic E-state index is 4.21. The number of rotatable bonds is 1. The topological polar surface area (TPSA) is 38.5 Å². The Hall–Kier alpha value is -2.29. The minimum Gasteiger partial charge on any atom is -0.360 e. The van der Waals surface area contributed by atoms with E-state index in [0.717, 1.165) is 22.7 Å². The molecule has 0 amide bonds. The molecule has 0 saturated carbocycles. The Bertz CT molecular complexity index is 536. The zero-order chi connectivity index (χ0) is 10.8. The minimum absolute atomic E-state index is 0.895. The van der Waals surface area contributed by atoms with Crippen LogP contribution in [0.15, 0.2) is 65.6 Å². The van der Waals surface area contributed by atoms with Crippen LogP contribution in [0.3, 0.4) is 0 Å². The van der Waals surface area contributed by atoms with Crippen LogP contribution in [0.5, 0.6) is 0 Å². The van der Waals surface area contributed by atoms with Gasteiger partial charge in [0.25, 0.3) is 0 Å². The molecule has 1 aromatic rings. The molecule has 1 radical (unpaired) electrons. The molecule has 2 aliphatic heterocycles. The molecule has 3 heteroatoms. The van der Waals surface area contributed by atoms with Crippen molar-refractivity contribution in [2.24, 2.45) is 5.10 Å². The van der Waals surface area contributed by atoms with Gasteiger partial charge in [-0.2, -0.15) is 0 Å². The molecule has 3 nitrogen and oxygen atoms in total. The van der Waals surface area contributed by atoms with Crippen molar-refractivity contribution in [2.75, 3.05) is 0 Å². The third-order valence-electron chi connectivity index (χ3n) is 2.49. The van der Waals surface area contributed by atoms with Crippen LogP contribution in [0.1, 0.15) is 5.56 Å². The zero-order valence-corrected chi connectivity index (χ0v) is 8.59. The lowest BCUT2D eigenvalue weighted by molar-refractivity contribution is 0.982. The van der Waals surface area contributed by atoms with E-state index in [2.05, 4.69) is 15.8 Å². The number of fused-ring (bicyclic) bond motifs is 1. The Balaban J connectivity index is 2.01. The number of benzene rings is 1. The SMILES string of the molecule is C1=CC=C(C2=N[N]c3ccccc32)NC=C1. The second-order valence-corrected chi connectivity index (χ2v) is 3.53. The highest BCUT2D eigenvalue weighted by molar-refractivity contribution is 6.16. The van der Waals surface area contributed by atoms with Gasteiger partial charge in [-0.15, -0.1) is 10.5 Å². The molecule has 0 aromatic heterocycles. The highest BCUT2D eigenvalue weighted by Crippen LogP contribution is 2.24. The summed E-state index contributed by atoms with van der Waals surface area (Å²) in [6.45, 7) is 0. The van der Waals surface area contributed by atoms with Crippen molar-refractivity contribution in [2.45, 2.75) is 0 Å².